The quantitative estimate of drug-likeness (QED) is 0.759. The molecule has 0 bridgehead atoms. The molecule has 0 radical (unpaired) electrons. The van der Waals surface area contributed by atoms with Crippen LogP contribution in [0.4, 0.5) is 0 Å². The lowest BCUT2D eigenvalue weighted by Crippen LogP contribution is -2.19. The minimum Gasteiger partial charge on any atom is -0.492 e. The van der Waals surface area contributed by atoms with Crippen LogP contribution in [-0.4, -0.2) is 44.7 Å². The number of carbonyl (C=O) groups is 1. The smallest absolute Gasteiger partial charge is 0.374 e. The van der Waals surface area contributed by atoms with Crippen LogP contribution in [0.5, 0.6) is 5.75 Å². The van der Waals surface area contributed by atoms with Gasteiger partial charge in [0, 0.05) is 11.9 Å². The van der Waals surface area contributed by atoms with Gasteiger partial charge in [-0.3, -0.25) is 0 Å². The van der Waals surface area contributed by atoms with Crippen molar-refractivity contribution in [2.45, 2.75) is 6.92 Å². The Morgan fingerprint density at radius 3 is 2.80 bits per heavy atom. The second-order valence-corrected chi connectivity index (χ2v) is 4.68. The Kier molecular flexibility index (Phi) is 4.63. The Hall–Kier alpha value is -2.01. The molecule has 2 rings (SSSR count). The maximum absolute atomic E-state index is 11.6. The predicted molar refractivity (Wildman–Crippen MR) is 76.2 cm³/mol. The average molecular weight is 277 g/mol. The summed E-state index contributed by atoms with van der Waals surface area (Å²) in [7, 11) is 3.99. The van der Waals surface area contributed by atoms with E-state index < -0.39 is 5.97 Å². The van der Waals surface area contributed by atoms with Gasteiger partial charge in [0.15, 0.2) is 0 Å². The topological polar surface area (TPSA) is 51.9 Å². The fraction of sp³-hybridized carbons (Fsp3) is 0.400. The summed E-state index contributed by atoms with van der Waals surface area (Å²) < 4.78 is 16.0. The highest BCUT2D eigenvalue weighted by atomic mass is 16.5. The number of benzene rings is 1. The Bertz CT molecular complexity index is 589. The Morgan fingerprint density at radius 1 is 1.30 bits per heavy atom. The molecular formula is C15H19NO4. The molecule has 2 aromatic rings. The minimum atomic E-state index is -0.446. The number of fused-ring (bicyclic) bond motifs is 1. The van der Waals surface area contributed by atoms with Gasteiger partial charge in [-0.25, -0.2) is 4.79 Å². The van der Waals surface area contributed by atoms with Gasteiger partial charge in [0.05, 0.1) is 6.61 Å². The molecule has 0 aliphatic rings. The first-order valence-corrected chi connectivity index (χ1v) is 6.58. The molecule has 0 atom stereocenters. The number of nitrogens with zero attached hydrogens (tertiary/aromatic N) is 1. The first-order valence-electron chi connectivity index (χ1n) is 6.58. The number of rotatable bonds is 6. The zero-order valence-corrected chi connectivity index (χ0v) is 12.0. The van der Waals surface area contributed by atoms with E-state index in [1.165, 1.54) is 0 Å². The molecule has 108 valence electrons. The van der Waals surface area contributed by atoms with Crippen molar-refractivity contribution in [3.8, 4) is 5.75 Å². The van der Waals surface area contributed by atoms with Gasteiger partial charge in [0.1, 0.15) is 17.9 Å². The van der Waals surface area contributed by atoms with Crippen LogP contribution in [-0.2, 0) is 4.74 Å². The third-order valence-electron chi connectivity index (χ3n) is 2.77. The van der Waals surface area contributed by atoms with E-state index in [2.05, 4.69) is 4.90 Å². The highest BCUT2D eigenvalue weighted by molar-refractivity contribution is 5.92. The van der Waals surface area contributed by atoms with Crippen LogP contribution in [0.3, 0.4) is 0 Å². The van der Waals surface area contributed by atoms with Gasteiger partial charge in [0.25, 0.3) is 0 Å². The number of likely N-dealkylation sites (N-methyl/N-ethyl adjacent to an activating group) is 1. The van der Waals surface area contributed by atoms with Crippen LogP contribution in [0.15, 0.2) is 28.7 Å². The molecule has 1 aromatic carbocycles. The molecule has 0 aliphatic carbocycles. The Morgan fingerprint density at radius 2 is 2.10 bits per heavy atom. The molecule has 0 fully saturated rings. The molecule has 0 aliphatic heterocycles. The number of furan rings is 1. The number of esters is 1. The zero-order chi connectivity index (χ0) is 14.5. The highest BCUT2D eigenvalue weighted by Crippen LogP contribution is 2.24. The largest absolute Gasteiger partial charge is 0.492 e. The molecule has 0 N–H and O–H groups in total. The van der Waals surface area contributed by atoms with Crippen LogP contribution < -0.4 is 4.74 Å². The van der Waals surface area contributed by atoms with E-state index in [0.717, 1.165) is 17.7 Å². The molecule has 0 unspecified atom stereocenters. The van der Waals surface area contributed by atoms with Crippen LogP contribution in [0.25, 0.3) is 11.0 Å². The molecule has 0 saturated carbocycles. The van der Waals surface area contributed by atoms with Gasteiger partial charge in [-0.15, -0.1) is 0 Å². The summed E-state index contributed by atoms with van der Waals surface area (Å²) in [5.41, 5.74) is 0.646. The summed E-state index contributed by atoms with van der Waals surface area (Å²) in [6, 6.07) is 7.16. The Balaban J connectivity index is 2.11. The second-order valence-electron chi connectivity index (χ2n) is 4.68. The highest BCUT2D eigenvalue weighted by Gasteiger charge is 2.13. The first-order chi connectivity index (χ1) is 9.60. The summed E-state index contributed by atoms with van der Waals surface area (Å²) in [6.45, 7) is 3.55. The standard InChI is InChI=1S/C15H19NO4/c1-4-18-15(17)14-10-11-9-12(5-6-13(11)20-14)19-8-7-16(2)3/h5-6,9-10H,4,7-8H2,1-3H3. The van der Waals surface area contributed by atoms with Crippen LogP contribution in [0.2, 0.25) is 0 Å². The van der Waals surface area contributed by atoms with Crippen molar-refractivity contribution in [3.63, 3.8) is 0 Å². The summed E-state index contributed by atoms with van der Waals surface area (Å²) in [4.78, 5) is 13.6. The van der Waals surface area contributed by atoms with Crippen molar-refractivity contribution in [1.82, 2.24) is 4.90 Å². The van der Waals surface area contributed by atoms with Crippen molar-refractivity contribution >= 4 is 16.9 Å². The van der Waals surface area contributed by atoms with E-state index in [9.17, 15) is 4.79 Å². The minimum absolute atomic E-state index is 0.215. The first kappa shape index (κ1) is 14.4. The van der Waals surface area contributed by atoms with Crippen molar-refractivity contribution in [2.24, 2.45) is 0 Å². The maximum atomic E-state index is 11.6. The van der Waals surface area contributed by atoms with Crippen LogP contribution >= 0.6 is 0 Å². The molecule has 0 saturated heterocycles. The van der Waals surface area contributed by atoms with Crippen molar-refractivity contribution < 1.29 is 18.7 Å². The van der Waals surface area contributed by atoms with Gasteiger partial charge >= 0.3 is 5.97 Å². The van der Waals surface area contributed by atoms with Crippen molar-refractivity contribution in [3.05, 3.63) is 30.0 Å². The SMILES string of the molecule is CCOC(=O)c1cc2cc(OCCN(C)C)ccc2o1. The lowest BCUT2D eigenvalue weighted by Gasteiger charge is -2.10. The molecule has 1 heterocycles. The maximum Gasteiger partial charge on any atom is 0.374 e. The molecular weight excluding hydrogens is 258 g/mol. The van der Waals surface area contributed by atoms with Gasteiger partial charge in [0.2, 0.25) is 5.76 Å². The van der Waals surface area contributed by atoms with E-state index in [1.807, 2.05) is 26.2 Å². The summed E-state index contributed by atoms with van der Waals surface area (Å²) >= 11 is 0. The molecule has 0 spiro atoms. The number of ether oxygens (including phenoxy) is 2. The normalized spacial score (nSPS) is 11.0. The average Bonchev–Trinajstić information content (AvgIpc) is 2.81. The Labute approximate surface area is 118 Å². The monoisotopic (exact) mass is 277 g/mol. The van der Waals surface area contributed by atoms with E-state index in [1.54, 1.807) is 19.1 Å². The van der Waals surface area contributed by atoms with E-state index in [-0.39, 0.29) is 5.76 Å². The molecule has 5 nitrogen and oxygen atoms in total. The van der Waals surface area contributed by atoms with Gasteiger partial charge < -0.3 is 18.8 Å². The number of hydrogen-bond acceptors (Lipinski definition) is 5. The molecule has 1 aromatic heterocycles. The molecule has 0 amide bonds. The molecule has 20 heavy (non-hydrogen) atoms. The third-order valence-corrected chi connectivity index (χ3v) is 2.77. The summed E-state index contributed by atoms with van der Waals surface area (Å²) in [5.74, 6) is 0.529. The van der Waals surface area contributed by atoms with Crippen LogP contribution in [0, 0.1) is 0 Å². The third kappa shape index (κ3) is 3.51. The van der Waals surface area contributed by atoms with Gasteiger partial charge in [-0.1, -0.05) is 0 Å². The fourth-order valence-electron chi connectivity index (χ4n) is 1.76. The predicted octanol–water partition coefficient (Wildman–Crippen LogP) is 2.55. The number of hydrogen-bond donors (Lipinski definition) is 0. The van der Waals surface area contributed by atoms with Crippen LogP contribution in [0.1, 0.15) is 17.5 Å². The van der Waals surface area contributed by atoms with Gasteiger partial charge in [-0.2, -0.15) is 0 Å². The summed E-state index contributed by atoms with van der Waals surface area (Å²) in [6.07, 6.45) is 0. The number of carbonyl (C=O) groups excluding carboxylic acids is 1. The lowest BCUT2D eigenvalue weighted by molar-refractivity contribution is 0.0492. The van der Waals surface area contributed by atoms with Crippen molar-refractivity contribution in [1.29, 1.82) is 0 Å². The zero-order valence-electron chi connectivity index (χ0n) is 12.0. The lowest BCUT2D eigenvalue weighted by atomic mass is 10.2. The second kappa shape index (κ2) is 6.43. The van der Waals surface area contributed by atoms with E-state index in [0.29, 0.717) is 18.8 Å². The molecule has 5 heteroatoms. The van der Waals surface area contributed by atoms with E-state index in [4.69, 9.17) is 13.9 Å². The summed E-state index contributed by atoms with van der Waals surface area (Å²) in [5, 5.41) is 0.829. The van der Waals surface area contributed by atoms with E-state index >= 15 is 0 Å². The van der Waals surface area contributed by atoms with Crippen molar-refractivity contribution in [2.75, 3.05) is 33.9 Å². The fourth-order valence-corrected chi connectivity index (χ4v) is 1.76. The van der Waals surface area contributed by atoms with Gasteiger partial charge in [-0.05, 0) is 45.3 Å².